The summed E-state index contributed by atoms with van der Waals surface area (Å²) in [4.78, 5) is 11.4. The summed E-state index contributed by atoms with van der Waals surface area (Å²) in [5.41, 5.74) is 0. The van der Waals surface area contributed by atoms with Crippen LogP contribution in [-0.2, 0) is 18.3 Å². The molecule has 0 saturated carbocycles. The number of ether oxygens (including phenoxy) is 1. The highest BCUT2D eigenvalue weighted by molar-refractivity contribution is 14.0. The average Bonchev–Trinajstić information content (AvgIpc) is 3.33. The zero-order valence-electron chi connectivity index (χ0n) is 17.8. The summed E-state index contributed by atoms with van der Waals surface area (Å²) in [5.74, 6) is 3.28. The maximum atomic E-state index is 5.17. The van der Waals surface area contributed by atoms with Gasteiger partial charge in [-0.2, -0.15) is 0 Å². The van der Waals surface area contributed by atoms with E-state index in [1.54, 1.807) is 7.11 Å². The highest BCUT2D eigenvalue weighted by atomic mass is 127. The predicted octanol–water partition coefficient (Wildman–Crippen LogP) is 2.00. The van der Waals surface area contributed by atoms with Crippen LogP contribution in [0.15, 0.2) is 23.7 Å². The molecular formula is C19H33IN8O. The van der Waals surface area contributed by atoms with Crippen LogP contribution in [0.2, 0.25) is 0 Å². The van der Waals surface area contributed by atoms with E-state index in [0.717, 1.165) is 56.7 Å². The summed E-state index contributed by atoms with van der Waals surface area (Å²) in [6.45, 7) is 8.22. The Bertz CT molecular complexity index is 760. The van der Waals surface area contributed by atoms with Crippen molar-refractivity contribution in [2.75, 3.05) is 33.4 Å². The molecule has 10 heteroatoms. The highest BCUT2D eigenvalue weighted by Gasteiger charge is 2.29. The molecule has 0 aliphatic carbocycles. The molecule has 0 bridgehead atoms. The fourth-order valence-electron chi connectivity index (χ4n) is 3.51. The Hall–Kier alpha value is -1.69. The van der Waals surface area contributed by atoms with E-state index >= 15 is 0 Å². The zero-order chi connectivity index (χ0) is 19.9. The molecule has 1 N–H and O–H groups in total. The van der Waals surface area contributed by atoms with Gasteiger partial charge in [-0.3, -0.25) is 0 Å². The van der Waals surface area contributed by atoms with E-state index in [9.17, 15) is 0 Å². The topological polar surface area (TPSA) is 85.4 Å². The number of aryl methyl sites for hydroxylation is 1. The van der Waals surface area contributed by atoms with E-state index in [0.29, 0.717) is 18.5 Å². The normalized spacial score (nSPS) is 19.9. The molecule has 0 spiro atoms. The molecular weight excluding hydrogens is 483 g/mol. The second kappa shape index (κ2) is 11.5. The summed E-state index contributed by atoms with van der Waals surface area (Å²) in [7, 11) is 3.71. The van der Waals surface area contributed by atoms with Gasteiger partial charge in [-0.05, 0) is 25.7 Å². The van der Waals surface area contributed by atoms with Gasteiger partial charge in [0, 0.05) is 52.8 Å². The van der Waals surface area contributed by atoms with E-state index in [1.165, 1.54) is 0 Å². The lowest BCUT2D eigenvalue weighted by Gasteiger charge is -2.39. The number of guanidine groups is 1. The molecule has 1 aliphatic heterocycles. The molecule has 2 atom stereocenters. The Morgan fingerprint density at radius 1 is 1.38 bits per heavy atom. The molecule has 0 radical (unpaired) electrons. The molecule has 2 unspecified atom stereocenters. The lowest BCUT2D eigenvalue weighted by atomic mass is 9.93. The van der Waals surface area contributed by atoms with Gasteiger partial charge in [0.25, 0.3) is 0 Å². The average molecular weight is 516 g/mol. The number of piperidine rings is 1. The number of methoxy groups -OCH3 is 1. The van der Waals surface area contributed by atoms with Crippen molar-refractivity contribution < 1.29 is 4.74 Å². The minimum absolute atomic E-state index is 0. The minimum atomic E-state index is 0. The van der Waals surface area contributed by atoms with Crippen molar-refractivity contribution in [3.63, 3.8) is 0 Å². The van der Waals surface area contributed by atoms with E-state index in [4.69, 9.17) is 9.73 Å². The fraction of sp³-hybridized carbons (Fsp3) is 0.684. The predicted molar refractivity (Wildman–Crippen MR) is 123 cm³/mol. The van der Waals surface area contributed by atoms with Crippen molar-refractivity contribution in [3.05, 3.63) is 30.4 Å². The number of hydrogen-bond donors (Lipinski definition) is 1. The molecule has 29 heavy (non-hydrogen) atoms. The van der Waals surface area contributed by atoms with Gasteiger partial charge in [0.2, 0.25) is 0 Å². The number of likely N-dealkylation sites (tertiary alicyclic amines) is 1. The Balaban J connectivity index is 0.00000300. The molecule has 2 aromatic heterocycles. The second-order valence-electron chi connectivity index (χ2n) is 7.42. The molecule has 2 aromatic rings. The van der Waals surface area contributed by atoms with Crippen molar-refractivity contribution in [1.82, 2.24) is 34.5 Å². The van der Waals surface area contributed by atoms with Crippen molar-refractivity contribution in [1.29, 1.82) is 0 Å². The van der Waals surface area contributed by atoms with E-state index in [1.807, 2.05) is 31.1 Å². The molecule has 3 rings (SSSR count). The molecule has 1 aliphatic rings. The number of hydrogen-bond acceptors (Lipinski definition) is 5. The first-order valence-corrected chi connectivity index (χ1v) is 9.94. The van der Waals surface area contributed by atoms with Crippen LogP contribution in [0.5, 0.6) is 0 Å². The number of imidazole rings is 1. The first-order chi connectivity index (χ1) is 13.6. The molecule has 3 heterocycles. The first kappa shape index (κ1) is 23.6. The second-order valence-corrected chi connectivity index (χ2v) is 7.42. The van der Waals surface area contributed by atoms with Crippen molar-refractivity contribution in [2.24, 2.45) is 18.0 Å². The van der Waals surface area contributed by atoms with E-state index in [2.05, 4.69) is 43.1 Å². The standard InChI is InChI=1S/C19H32N8O.HI/c1-15-6-9-26(13-17(15)27-10-8-20-14-27)19(21-7-5-11-28-4)22-12-18-24-23-16(2)25(18)3;/h8,10,14-15,17H,5-7,9,11-13H2,1-4H3,(H,21,22);1H. The number of aromatic nitrogens is 5. The smallest absolute Gasteiger partial charge is 0.194 e. The van der Waals surface area contributed by atoms with Crippen molar-refractivity contribution >= 4 is 29.9 Å². The summed E-state index contributed by atoms with van der Waals surface area (Å²) in [5, 5.41) is 11.9. The van der Waals surface area contributed by atoms with Crippen LogP contribution in [-0.4, -0.2) is 68.5 Å². The van der Waals surface area contributed by atoms with Crippen molar-refractivity contribution in [2.45, 2.75) is 39.3 Å². The fourth-order valence-corrected chi connectivity index (χ4v) is 3.51. The Kier molecular flexibility index (Phi) is 9.34. The minimum Gasteiger partial charge on any atom is -0.385 e. The van der Waals surface area contributed by atoms with Gasteiger partial charge in [0.1, 0.15) is 12.4 Å². The Labute approximate surface area is 190 Å². The lowest BCUT2D eigenvalue weighted by molar-refractivity contribution is 0.185. The summed E-state index contributed by atoms with van der Waals surface area (Å²) < 4.78 is 9.37. The third-order valence-corrected chi connectivity index (χ3v) is 5.49. The van der Waals surface area contributed by atoms with Gasteiger partial charge < -0.3 is 24.1 Å². The van der Waals surface area contributed by atoms with Crippen LogP contribution in [0.25, 0.3) is 0 Å². The molecule has 162 valence electrons. The quantitative estimate of drug-likeness (QED) is 0.262. The number of nitrogens with one attached hydrogen (secondary N) is 1. The van der Waals surface area contributed by atoms with Gasteiger partial charge >= 0.3 is 0 Å². The van der Waals surface area contributed by atoms with Crippen LogP contribution < -0.4 is 5.32 Å². The number of halogens is 1. The van der Waals surface area contributed by atoms with E-state index < -0.39 is 0 Å². The molecule has 0 aromatic carbocycles. The summed E-state index contributed by atoms with van der Waals surface area (Å²) in [6.07, 6.45) is 7.87. The van der Waals surface area contributed by atoms with Gasteiger partial charge in [0.05, 0.1) is 12.4 Å². The SMILES string of the molecule is COCCCNC(=NCc1nnc(C)n1C)N1CCC(C)C(n2ccnc2)C1.I. The van der Waals surface area contributed by atoms with Gasteiger partial charge in [-0.25, -0.2) is 9.98 Å². The largest absolute Gasteiger partial charge is 0.385 e. The summed E-state index contributed by atoms with van der Waals surface area (Å²) >= 11 is 0. The van der Waals surface area contributed by atoms with Gasteiger partial charge in [-0.1, -0.05) is 6.92 Å². The van der Waals surface area contributed by atoms with Crippen LogP contribution in [0.4, 0.5) is 0 Å². The number of nitrogens with zero attached hydrogens (tertiary/aromatic N) is 7. The Morgan fingerprint density at radius 3 is 2.86 bits per heavy atom. The van der Waals surface area contributed by atoms with Gasteiger partial charge in [0.15, 0.2) is 11.8 Å². The Morgan fingerprint density at radius 2 is 2.21 bits per heavy atom. The summed E-state index contributed by atoms with van der Waals surface area (Å²) in [6, 6.07) is 0.388. The molecule has 1 saturated heterocycles. The monoisotopic (exact) mass is 516 g/mol. The van der Waals surface area contributed by atoms with Crippen LogP contribution in [0, 0.1) is 12.8 Å². The zero-order valence-corrected chi connectivity index (χ0v) is 20.1. The lowest BCUT2D eigenvalue weighted by Crippen LogP contribution is -2.49. The first-order valence-electron chi connectivity index (χ1n) is 9.94. The van der Waals surface area contributed by atoms with E-state index in [-0.39, 0.29) is 24.0 Å². The number of aliphatic imine (C=N–C) groups is 1. The number of rotatable bonds is 7. The van der Waals surface area contributed by atoms with Crippen LogP contribution >= 0.6 is 24.0 Å². The molecule has 1 fully saturated rings. The maximum absolute atomic E-state index is 5.17. The highest BCUT2D eigenvalue weighted by Crippen LogP contribution is 2.27. The van der Waals surface area contributed by atoms with Crippen LogP contribution in [0.3, 0.4) is 0 Å². The van der Waals surface area contributed by atoms with Gasteiger partial charge in [-0.15, -0.1) is 34.2 Å². The van der Waals surface area contributed by atoms with Crippen molar-refractivity contribution in [3.8, 4) is 0 Å². The third kappa shape index (κ3) is 6.14. The molecule has 9 nitrogen and oxygen atoms in total. The third-order valence-electron chi connectivity index (χ3n) is 5.49. The molecule has 0 amide bonds. The van der Waals surface area contributed by atoms with Crippen LogP contribution in [0.1, 0.15) is 37.5 Å². The maximum Gasteiger partial charge on any atom is 0.194 e.